The zero-order valence-corrected chi connectivity index (χ0v) is 59.9. The third-order valence-electron chi connectivity index (χ3n) is 5.19. The van der Waals surface area contributed by atoms with Crippen LogP contribution in [0.2, 0.25) is 0 Å². The second kappa shape index (κ2) is 30.5. The van der Waals surface area contributed by atoms with Crippen molar-refractivity contribution in [3.63, 3.8) is 0 Å². The Morgan fingerprint density at radius 2 is 0.319 bits per heavy atom. The van der Waals surface area contributed by atoms with E-state index in [1.807, 2.05) is 249 Å². The number of alkyl halides is 2. The molecule has 436 valence electrons. The van der Waals surface area contributed by atoms with Gasteiger partial charge in [0.15, 0.2) is 0 Å². The first-order valence-corrected chi connectivity index (χ1v) is 31.9. The summed E-state index contributed by atoms with van der Waals surface area (Å²) in [5.41, 5.74) is -6.76. The van der Waals surface area contributed by atoms with E-state index in [-0.39, 0.29) is 31.2 Å². The molecule has 0 spiro atoms. The monoisotopic (exact) mass is 1180 g/mol. The molecular formula is C49H111Cl2O16ScSi4. The minimum Gasteiger partial charge on any atom is -0.793 e. The van der Waals surface area contributed by atoms with Gasteiger partial charge in [-0.15, -0.1) is 23.2 Å². The summed E-state index contributed by atoms with van der Waals surface area (Å²) in [5.74, 6) is 0. The molecule has 0 amide bonds. The minimum absolute atomic E-state index is 0. The van der Waals surface area contributed by atoms with Crippen molar-refractivity contribution in [2.24, 2.45) is 0 Å². The molecule has 0 aliphatic carbocycles. The zero-order chi connectivity index (χ0) is 59.2. The maximum absolute atomic E-state index is 12.6. The van der Waals surface area contributed by atoms with Crippen molar-refractivity contribution in [2.75, 3.05) is 5.34 Å². The van der Waals surface area contributed by atoms with E-state index in [0.29, 0.717) is 0 Å². The molecule has 0 saturated carbocycles. The summed E-state index contributed by atoms with van der Waals surface area (Å²) in [6.45, 7) is 66.0. The Bertz CT molecular complexity index is 1070. The van der Waals surface area contributed by atoms with Gasteiger partial charge in [-0.1, -0.05) is 0 Å². The molecule has 0 bridgehead atoms. The molecule has 72 heavy (non-hydrogen) atoms. The molecule has 0 fully saturated rings. The fraction of sp³-hybridized carbons (Fsp3) is 1.00. The predicted octanol–water partition coefficient (Wildman–Crippen LogP) is 11.0. The molecule has 0 radical (unpaired) electrons. The van der Waals surface area contributed by atoms with E-state index in [9.17, 15) is 19.2 Å². The van der Waals surface area contributed by atoms with Gasteiger partial charge >= 0.3 is 62.0 Å². The van der Waals surface area contributed by atoms with Gasteiger partial charge in [0, 0.05) is 0 Å². The van der Waals surface area contributed by atoms with Crippen molar-refractivity contribution in [3.8, 4) is 0 Å². The molecule has 0 aromatic heterocycles. The Hall–Kier alpha value is 1.68. The van der Waals surface area contributed by atoms with Crippen LogP contribution in [0.1, 0.15) is 249 Å². The quantitative estimate of drug-likeness (QED) is 0.143. The Kier molecular flexibility index (Phi) is 36.0. The minimum atomic E-state index is -3.91. The fourth-order valence-corrected chi connectivity index (χ4v) is 14.4. The van der Waals surface area contributed by atoms with E-state index in [0.717, 1.165) is 0 Å². The second-order valence-electron chi connectivity index (χ2n) is 28.7. The van der Waals surface area contributed by atoms with Crippen LogP contribution in [0.4, 0.5) is 0 Å². The van der Waals surface area contributed by atoms with E-state index in [1.54, 1.807) is 0 Å². The van der Waals surface area contributed by atoms with Crippen LogP contribution >= 0.6 is 23.2 Å². The van der Waals surface area contributed by atoms with Crippen molar-refractivity contribution in [3.05, 3.63) is 0 Å². The number of hydrogen-bond acceptors (Lipinski definition) is 16. The summed E-state index contributed by atoms with van der Waals surface area (Å²) in [5, 5.41) is 0.194. The first-order chi connectivity index (χ1) is 29.9. The Morgan fingerprint density at radius 1 is 0.250 bits per heavy atom. The SMILES string of the molecule is CC(C)(C)O[Si](O)(OC(C)(C)C)OC(C)(C)C.CC(C)(C)O[Si]([O-])(OC(C)(C)C)OC(C)(C)C.CC(C)(C)O[Si]([O-])(OC(C)(C)C)OC(C)(C)C.CC(C)(C)O[Si]([O-])(OC(C)(C)C)OC(C)(C)C.ClCCl.[Sc+3]. The maximum atomic E-state index is 12.6. The summed E-state index contributed by atoms with van der Waals surface area (Å²) in [6.07, 6.45) is 0. The van der Waals surface area contributed by atoms with Gasteiger partial charge in [-0.2, -0.15) is 0 Å². The van der Waals surface area contributed by atoms with Crippen LogP contribution in [0, 0.1) is 0 Å². The van der Waals surface area contributed by atoms with Crippen molar-refractivity contribution in [2.45, 2.75) is 316 Å². The average molecular weight is 1180 g/mol. The smallest absolute Gasteiger partial charge is 0.793 e. The molecular weight excluding hydrogens is 1070 g/mol. The summed E-state index contributed by atoms with van der Waals surface area (Å²) >= 11 is 9.53. The molecule has 0 atom stereocenters. The largest absolute Gasteiger partial charge is 3.00 e. The van der Waals surface area contributed by atoms with Gasteiger partial charge in [0.05, 0.1) is 72.6 Å². The summed E-state index contributed by atoms with van der Waals surface area (Å²) < 4.78 is 66.5. The van der Waals surface area contributed by atoms with Gasteiger partial charge < -0.3 is 72.3 Å². The molecule has 1 N–H and O–H groups in total. The molecule has 0 aliphatic heterocycles. The first-order valence-electron chi connectivity index (χ1n) is 24.3. The van der Waals surface area contributed by atoms with Crippen LogP contribution in [0.15, 0.2) is 0 Å². The summed E-state index contributed by atoms with van der Waals surface area (Å²) in [4.78, 5) is 48.4. The Morgan fingerprint density at radius 3 is 0.375 bits per heavy atom. The van der Waals surface area contributed by atoms with Crippen molar-refractivity contribution >= 4 is 59.4 Å². The van der Waals surface area contributed by atoms with Gasteiger partial charge in [-0.25, -0.2) is 0 Å². The van der Waals surface area contributed by atoms with E-state index < -0.39 is 103 Å². The van der Waals surface area contributed by atoms with E-state index in [2.05, 4.69) is 0 Å². The van der Waals surface area contributed by atoms with Crippen LogP contribution in [-0.2, 0) is 79.0 Å². The van der Waals surface area contributed by atoms with Crippen LogP contribution in [0.5, 0.6) is 0 Å². The fourth-order valence-electron chi connectivity index (χ4n) is 4.79. The van der Waals surface area contributed by atoms with Crippen LogP contribution < -0.4 is 14.4 Å². The van der Waals surface area contributed by atoms with Crippen LogP contribution in [0.25, 0.3) is 0 Å². The standard InChI is InChI=1S/C12H28O4Si.3C12H27O4Si.CH2Cl2.Sc/c4*1-10(2,3)14-17(13,15-11(4,5)6)16-12(7,8)9;2-1-3;/h13H,1-9H3;3*1-9H3;1H2;/q;3*-1;;+3. The maximum Gasteiger partial charge on any atom is 3.00 e. The molecule has 0 saturated heterocycles. The number of rotatable bonds is 12. The normalized spacial score (nSPS) is 14.6. The Balaban J connectivity index is -0.000000197. The Labute approximate surface area is 476 Å². The van der Waals surface area contributed by atoms with Crippen molar-refractivity contribution in [1.82, 2.24) is 0 Å². The van der Waals surface area contributed by atoms with Crippen LogP contribution in [-0.4, -0.2) is 114 Å². The van der Waals surface area contributed by atoms with Crippen molar-refractivity contribution < 1.29 is 98.1 Å². The molecule has 0 heterocycles. The molecule has 0 unspecified atom stereocenters. The second-order valence-corrected chi connectivity index (χ2v) is 36.0. The molecule has 23 heteroatoms. The van der Waals surface area contributed by atoms with Gasteiger partial charge in [0.2, 0.25) is 0 Å². The molecule has 16 nitrogen and oxygen atoms in total. The van der Waals surface area contributed by atoms with Crippen LogP contribution in [0.3, 0.4) is 0 Å². The van der Waals surface area contributed by atoms with E-state index in [4.69, 9.17) is 76.3 Å². The van der Waals surface area contributed by atoms with Crippen molar-refractivity contribution in [1.29, 1.82) is 0 Å². The van der Waals surface area contributed by atoms with E-state index in [1.165, 1.54) is 0 Å². The zero-order valence-electron chi connectivity index (χ0n) is 52.6. The third kappa shape index (κ3) is 66.0. The topological polar surface area (TPSA) is 200 Å². The summed E-state index contributed by atoms with van der Waals surface area (Å²) in [7, 11) is -15.4. The molecule has 0 aromatic carbocycles. The van der Waals surface area contributed by atoms with Gasteiger partial charge in [-0.05, 0) is 249 Å². The van der Waals surface area contributed by atoms with Gasteiger partial charge in [0.25, 0.3) is 0 Å². The average Bonchev–Trinajstić information content (AvgIpc) is 2.79. The third-order valence-corrected chi connectivity index (χ3v) is 15.6. The number of halogens is 2. The number of hydrogen-bond donors (Lipinski definition) is 1. The first kappa shape index (κ1) is 85.0. The molecule has 0 aromatic rings. The molecule has 0 rings (SSSR count). The molecule has 0 aliphatic rings. The predicted molar refractivity (Wildman–Crippen MR) is 292 cm³/mol. The van der Waals surface area contributed by atoms with E-state index >= 15 is 0 Å². The van der Waals surface area contributed by atoms with Gasteiger partial charge in [0.1, 0.15) is 0 Å². The van der Waals surface area contributed by atoms with Gasteiger partial charge in [-0.3, -0.25) is 0 Å². The summed E-state index contributed by atoms with van der Waals surface area (Å²) in [6, 6.07) is 0.